The Morgan fingerprint density at radius 3 is 1.16 bits per heavy atom. The maximum absolute atomic E-state index is 13.0. The molecule has 1 aliphatic carbocycles. The summed E-state index contributed by atoms with van der Waals surface area (Å²) in [7, 11) is 4.99. The van der Waals surface area contributed by atoms with Crippen molar-refractivity contribution < 1.29 is 28.8 Å². The van der Waals surface area contributed by atoms with Gasteiger partial charge in [-0.15, -0.1) is 0 Å². The maximum atomic E-state index is 13.0. The van der Waals surface area contributed by atoms with Crippen LogP contribution in [0.4, 0.5) is 17.1 Å². The number of hydrogen-bond donors (Lipinski definition) is 3. The number of carbonyl (C=O) groups excluding carboxylic acids is 6. The zero-order valence-corrected chi connectivity index (χ0v) is 45.5. The first-order valence-corrected chi connectivity index (χ1v) is 26.4. The molecule has 4 aliphatic rings. The minimum atomic E-state index is -0.767. The third-order valence-corrected chi connectivity index (χ3v) is 14.8. The van der Waals surface area contributed by atoms with E-state index in [1.807, 2.05) is 97.1 Å². The Kier molecular flexibility index (Phi) is 15.8. The lowest BCUT2D eigenvalue weighted by molar-refractivity contribution is -0.120. The van der Waals surface area contributed by atoms with Crippen LogP contribution in [0.5, 0.6) is 0 Å². The molecule has 6 amide bonds. The molecule has 17 heteroatoms. The molecule has 3 unspecified atom stereocenters. The van der Waals surface area contributed by atoms with E-state index in [1.165, 1.54) is 20.3 Å². The molecular formula is C63H49Cl3N8O6. The lowest BCUT2D eigenvalue weighted by Gasteiger charge is -2.21. The van der Waals surface area contributed by atoms with E-state index in [2.05, 4.69) is 44.1 Å². The van der Waals surface area contributed by atoms with Crippen molar-refractivity contribution in [2.45, 2.75) is 24.5 Å². The van der Waals surface area contributed by atoms with E-state index < -0.39 is 18.1 Å². The number of pyridine rings is 2. The number of halogens is 3. The van der Waals surface area contributed by atoms with Gasteiger partial charge in [0.25, 0.3) is 35.4 Å². The number of nitrogens with one attached hydrogen (secondary N) is 3. The summed E-state index contributed by atoms with van der Waals surface area (Å²) in [4.78, 5) is 89.5. The van der Waals surface area contributed by atoms with Gasteiger partial charge in [-0.25, -0.2) is 0 Å². The van der Waals surface area contributed by atoms with Crippen LogP contribution in [0, 0.1) is 0 Å². The lowest BCUT2D eigenvalue weighted by Crippen LogP contribution is -2.37. The number of carbonyl (C=O) groups is 6. The molecule has 398 valence electrons. The highest BCUT2D eigenvalue weighted by atomic mass is 35.5. The molecule has 3 aliphatic heterocycles. The SMILES string of the molecule is CN1C(=O)C(c2ccc(-c3cccnc3)cc2)NC(=O)c2cc(Cl)ccc21.CN1C(=O)C(c2ccc(-c3ccncc3)cc2)NC(=O)c2cc(Cl)ccc21.CN1C(=O)C(c2ccc(C3=CCC=C3)cc2)NC(=O)c2cc(Cl)ccc21. The van der Waals surface area contributed by atoms with E-state index in [1.54, 1.807) is 101 Å². The first-order valence-electron chi connectivity index (χ1n) is 25.2. The smallest absolute Gasteiger partial charge is 0.254 e. The molecule has 3 atom stereocenters. The predicted molar refractivity (Wildman–Crippen MR) is 313 cm³/mol. The van der Waals surface area contributed by atoms with Crippen molar-refractivity contribution in [2.24, 2.45) is 0 Å². The van der Waals surface area contributed by atoms with Crippen molar-refractivity contribution in [1.82, 2.24) is 25.9 Å². The van der Waals surface area contributed by atoms with Crippen LogP contribution >= 0.6 is 34.8 Å². The van der Waals surface area contributed by atoms with E-state index in [0.717, 1.165) is 45.4 Å². The molecule has 0 saturated heterocycles. The number of rotatable bonds is 6. The second-order valence-corrected chi connectivity index (χ2v) is 20.3. The van der Waals surface area contributed by atoms with Gasteiger partial charge in [0, 0.05) is 61.0 Å². The molecule has 3 N–H and O–H groups in total. The van der Waals surface area contributed by atoms with Crippen LogP contribution in [-0.2, 0) is 14.4 Å². The van der Waals surface area contributed by atoms with Crippen LogP contribution in [0.3, 0.4) is 0 Å². The van der Waals surface area contributed by atoms with E-state index in [9.17, 15) is 28.8 Å². The Morgan fingerprint density at radius 2 is 0.800 bits per heavy atom. The quantitative estimate of drug-likeness (QED) is 0.147. The van der Waals surface area contributed by atoms with Crippen molar-refractivity contribution in [3.63, 3.8) is 0 Å². The van der Waals surface area contributed by atoms with Crippen molar-refractivity contribution >= 4 is 92.9 Å². The lowest BCUT2D eigenvalue weighted by atomic mass is 10.0. The van der Waals surface area contributed by atoms with E-state index >= 15 is 0 Å². The molecule has 5 heterocycles. The molecule has 80 heavy (non-hydrogen) atoms. The average Bonchev–Trinajstić information content (AvgIpc) is 3.97. The Bertz CT molecular complexity index is 3620. The number of fused-ring (bicyclic) bond motifs is 3. The topological polar surface area (TPSA) is 174 Å². The molecule has 8 aromatic rings. The third kappa shape index (κ3) is 11.4. The van der Waals surface area contributed by atoms with Gasteiger partial charge in [0.05, 0.1) is 33.8 Å². The minimum absolute atomic E-state index is 0.188. The molecular weight excluding hydrogens is 1070 g/mol. The summed E-state index contributed by atoms with van der Waals surface area (Å²) in [5.74, 6) is -1.57. The fraction of sp³-hybridized carbons (Fsp3) is 0.111. The summed E-state index contributed by atoms with van der Waals surface area (Å²) in [6, 6.07) is 43.1. The summed E-state index contributed by atoms with van der Waals surface area (Å²) in [5, 5.41) is 9.82. The molecule has 14 nitrogen and oxygen atoms in total. The second kappa shape index (κ2) is 23.4. The summed E-state index contributed by atoms with van der Waals surface area (Å²) in [6.07, 6.45) is 14.3. The van der Waals surface area contributed by atoms with Gasteiger partial charge in [-0.2, -0.15) is 0 Å². The molecule has 12 rings (SSSR count). The van der Waals surface area contributed by atoms with Gasteiger partial charge in [0.1, 0.15) is 18.1 Å². The zero-order chi connectivity index (χ0) is 56.2. The minimum Gasteiger partial charge on any atom is -0.336 e. The number of amides is 6. The maximum Gasteiger partial charge on any atom is 0.254 e. The second-order valence-electron chi connectivity index (χ2n) is 19.0. The van der Waals surface area contributed by atoms with Gasteiger partial charge < -0.3 is 30.7 Å². The molecule has 0 fully saturated rings. The molecule has 2 aromatic heterocycles. The van der Waals surface area contributed by atoms with Crippen LogP contribution < -0.4 is 30.7 Å². The molecule has 6 aromatic carbocycles. The number of anilines is 3. The number of likely N-dealkylation sites (N-methyl/N-ethyl adjacent to an activating group) is 3. The predicted octanol–water partition coefficient (Wildman–Crippen LogP) is 11.8. The van der Waals surface area contributed by atoms with Crippen molar-refractivity contribution in [1.29, 1.82) is 0 Å². The number of allylic oxidation sites excluding steroid dienone is 4. The van der Waals surface area contributed by atoms with Gasteiger partial charge in [-0.05, 0) is 129 Å². The highest BCUT2D eigenvalue weighted by Gasteiger charge is 2.36. The normalized spacial score (nSPS) is 17.4. The van der Waals surface area contributed by atoms with E-state index in [-0.39, 0.29) is 35.4 Å². The first-order chi connectivity index (χ1) is 38.6. The van der Waals surface area contributed by atoms with Crippen molar-refractivity contribution in [3.8, 4) is 22.3 Å². The highest BCUT2D eigenvalue weighted by molar-refractivity contribution is 6.32. The third-order valence-electron chi connectivity index (χ3n) is 14.1. The Morgan fingerprint density at radius 1 is 0.425 bits per heavy atom. The number of benzene rings is 6. The van der Waals surface area contributed by atoms with Crippen LogP contribution in [0.2, 0.25) is 15.1 Å². The largest absolute Gasteiger partial charge is 0.336 e. The highest BCUT2D eigenvalue weighted by Crippen LogP contribution is 2.35. The van der Waals surface area contributed by atoms with E-state index in [0.29, 0.717) is 54.4 Å². The molecule has 0 spiro atoms. The fourth-order valence-corrected chi connectivity index (χ4v) is 10.2. The van der Waals surface area contributed by atoms with Gasteiger partial charge in [0.2, 0.25) is 0 Å². The first kappa shape index (κ1) is 54.2. The number of nitrogens with zero attached hydrogens (tertiary/aromatic N) is 5. The summed E-state index contributed by atoms with van der Waals surface area (Å²) >= 11 is 18.1. The molecule has 0 saturated carbocycles. The monoisotopic (exact) mass is 1120 g/mol. The molecule has 0 bridgehead atoms. The van der Waals surface area contributed by atoms with Crippen molar-refractivity contribution in [2.75, 3.05) is 35.8 Å². The summed E-state index contributed by atoms with van der Waals surface area (Å²) < 4.78 is 0. The van der Waals surface area contributed by atoms with Crippen LogP contribution in [0.1, 0.15) is 77.9 Å². The van der Waals surface area contributed by atoms with Gasteiger partial charge in [-0.1, -0.05) is 132 Å². The average molecular weight is 1120 g/mol. The number of aromatic nitrogens is 2. The standard InChI is InChI=1S/2C21H16ClN3O2.C21H17ClN2O2/c1-25-18-7-6-16(22)12-17(18)20(26)24-19(21(25)27)15-4-2-13(3-5-15)14-8-10-23-11-9-14;1-25-18-9-8-16(22)11-17(18)20(26)24-19(21(25)27)14-6-4-13(5-7-14)15-3-2-10-23-12-15;1-24-18-11-10-16(22)12-17(18)20(25)23-19(21(24)26)15-8-6-14(7-9-15)13-4-2-3-5-13/h2*2-12,19H,1H3,(H,24,26);2,4-12,19H,3H2,1H3,(H,23,25). The molecule has 0 radical (unpaired) electrons. The van der Waals surface area contributed by atoms with Crippen molar-refractivity contribution in [3.05, 3.63) is 249 Å². The summed E-state index contributed by atoms with van der Waals surface area (Å²) in [6.45, 7) is 0. The Labute approximate surface area is 476 Å². The van der Waals surface area contributed by atoms with E-state index in [4.69, 9.17) is 34.8 Å². The van der Waals surface area contributed by atoms with Gasteiger partial charge >= 0.3 is 0 Å². The summed E-state index contributed by atoms with van der Waals surface area (Å²) in [5.41, 5.74) is 11.3. The fourth-order valence-electron chi connectivity index (χ4n) is 9.73. The van der Waals surface area contributed by atoms with Crippen LogP contribution in [0.25, 0.3) is 27.8 Å². The van der Waals surface area contributed by atoms with Gasteiger partial charge in [-0.3, -0.25) is 38.7 Å². The zero-order valence-electron chi connectivity index (χ0n) is 43.2. The Balaban J connectivity index is 0.000000135. The number of hydrogen-bond acceptors (Lipinski definition) is 8. The van der Waals surface area contributed by atoms with Gasteiger partial charge in [0.15, 0.2) is 0 Å². The van der Waals surface area contributed by atoms with Crippen LogP contribution in [0.15, 0.2) is 195 Å². The van der Waals surface area contributed by atoms with Crippen LogP contribution in [-0.4, -0.2) is 66.6 Å². The Hall–Kier alpha value is -9.21.